The summed E-state index contributed by atoms with van der Waals surface area (Å²) in [5, 5.41) is 3.16. The monoisotopic (exact) mass is 362 g/mol. The van der Waals surface area contributed by atoms with Gasteiger partial charge in [-0.3, -0.25) is 4.79 Å². The van der Waals surface area contributed by atoms with Crippen molar-refractivity contribution in [1.29, 1.82) is 0 Å². The van der Waals surface area contributed by atoms with Crippen LogP contribution < -0.4 is 5.32 Å². The van der Waals surface area contributed by atoms with Gasteiger partial charge in [0, 0.05) is 11.8 Å². The Morgan fingerprint density at radius 1 is 1.28 bits per heavy atom. The molecule has 25 heavy (non-hydrogen) atoms. The van der Waals surface area contributed by atoms with Crippen LogP contribution in [0.4, 0.5) is 4.39 Å². The van der Waals surface area contributed by atoms with Gasteiger partial charge in [0.1, 0.15) is 10.8 Å². The second-order valence-corrected chi connectivity index (χ2v) is 6.14. The maximum Gasteiger partial charge on any atom is 0.340 e. The summed E-state index contributed by atoms with van der Waals surface area (Å²) in [6.45, 7) is 3.70. The van der Waals surface area contributed by atoms with E-state index in [4.69, 9.17) is 4.74 Å². The maximum absolute atomic E-state index is 13.7. The van der Waals surface area contributed by atoms with Crippen LogP contribution in [0.25, 0.3) is 0 Å². The second-order valence-electron chi connectivity index (χ2n) is 5.18. The van der Waals surface area contributed by atoms with Crippen molar-refractivity contribution in [3.63, 3.8) is 0 Å². The Labute approximate surface area is 150 Å². The number of carbonyl (C=O) groups excluding carboxylic acids is 2. The van der Waals surface area contributed by atoms with E-state index in [1.54, 1.807) is 50.4 Å². The summed E-state index contributed by atoms with van der Waals surface area (Å²) in [5.41, 5.74) is 0.746. The highest BCUT2D eigenvalue weighted by molar-refractivity contribution is 8.00. The summed E-state index contributed by atoms with van der Waals surface area (Å²) in [6, 6.07) is 9.08. The van der Waals surface area contributed by atoms with E-state index < -0.39 is 12.0 Å². The number of halogens is 1. The summed E-state index contributed by atoms with van der Waals surface area (Å²) in [4.78, 5) is 28.1. The molecule has 0 aliphatic carbocycles. The summed E-state index contributed by atoms with van der Waals surface area (Å²) in [5.74, 6) is -1.06. The molecule has 0 saturated carbocycles. The normalized spacial score (nSPS) is 11.6. The number of aromatic nitrogens is 1. The van der Waals surface area contributed by atoms with Gasteiger partial charge in [0.25, 0.3) is 0 Å². The quantitative estimate of drug-likeness (QED) is 0.604. The Hall–Kier alpha value is -2.41. The highest BCUT2D eigenvalue weighted by Gasteiger charge is 2.17. The van der Waals surface area contributed by atoms with Gasteiger partial charge in [-0.25, -0.2) is 14.2 Å². The number of hydrogen-bond donors (Lipinski definition) is 1. The van der Waals surface area contributed by atoms with Crippen LogP contribution in [0.3, 0.4) is 0 Å². The smallest absolute Gasteiger partial charge is 0.340 e. The minimum Gasteiger partial charge on any atom is -0.462 e. The average Bonchev–Trinajstić information content (AvgIpc) is 2.60. The molecule has 1 aromatic carbocycles. The zero-order chi connectivity index (χ0) is 18.2. The molecular weight excluding hydrogens is 343 g/mol. The number of ether oxygens (including phenoxy) is 1. The Bertz CT molecular complexity index is 755. The number of benzene rings is 1. The molecule has 0 unspecified atom stereocenters. The van der Waals surface area contributed by atoms with Gasteiger partial charge in [0.2, 0.25) is 5.91 Å². The molecule has 0 bridgehead atoms. The number of rotatable bonds is 7. The number of hydrogen-bond acceptors (Lipinski definition) is 5. The maximum atomic E-state index is 13.7. The fraction of sp³-hybridized carbons (Fsp3) is 0.278. The molecule has 132 valence electrons. The van der Waals surface area contributed by atoms with E-state index in [9.17, 15) is 14.0 Å². The number of nitrogens with zero attached hydrogens (tertiary/aromatic N) is 1. The van der Waals surface area contributed by atoms with Crippen molar-refractivity contribution in [3.05, 3.63) is 59.5 Å². The van der Waals surface area contributed by atoms with Gasteiger partial charge >= 0.3 is 5.97 Å². The van der Waals surface area contributed by atoms with Crippen LogP contribution in [0, 0.1) is 5.82 Å². The van der Waals surface area contributed by atoms with Crippen molar-refractivity contribution >= 4 is 23.6 Å². The highest BCUT2D eigenvalue weighted by Crippen LogP contribution is 2.21. The highest BCUT2D eigenvalue weighted by atomic mass is 32.2. The van der Waals surface area contributed by atoms with Gasteiger partial charge in [0.05, 0.1) is 24.0 Å². The summed E-state index contributed by atoms with van der Waals surface area (Å²) < 4.78 is 18.7. The third-order valence-corrected chi connectivity index (χ3v) is 4.36. The summed E-state index contributed by atoms with van der Waals surface area (Å²) >= 11 is 1.13. The minimum absolute atomic E-state index is 0.0577. The first kappa shape index (κ1) is 18.9. The lowest BCUT2D eigenvalue weighted by atomic mass is 10.1. The molecule has 2 rings (SSSR count). The fourth-order valence-corrected chi connectivity index (χ4v) is 2.98. The molecule has 0 aliphatic rings. The molecule has 1 amide bonds. The van der Waals surface area contributed by atoms with Crippen molar-refractivity contribution in [2.45, 2.75) is 24.9 Å². The minimum atomic E-state index is -0.474. The van der Waals surface area contributed by atoms with E-state index in [1.807, 2.05) is 0 Å². The Kier molecular flexibility index (Phi) is 6.94. The van der Waals surface area contributed by atoms with Crippen LogP contribution in [0.2, 0.25) is 0 Å². The van der Waals surface area contributed by atoms with E-state index in [2.05, 4.69) is 10.3 Å². The van der Waals surface area contributed by atoms with Crippen LogP contribution in [0.1, 0.15) is 35.8 Å². The first-order valence-corrected chi connectivity index (χ1v) is 8.80. The Balaban J connectivity index is 1.97. The first-order valence-electron chi connectivity index (χ1n) is 7.81. The standard InChI is InChI=1S/C18H19FN2O3S/c1-3-24-18(23)14-8-6-10-20-17(14)25-11-16(22)21-12(2)13-7-4-5-9-15(13)19/h4-10,12H,3,11H2,1-2H3,(H,21,22)/t12-/m0/s1. The molecule has 1 atom stereocenters. The van der Waals surface area contributed by atoms with Gasteiger partial charge in [-0.15, -0.1) is 0 Å². The molecule has 1 N–H and O–H groups in total. The number of esters is 1. The van der Waals surface area contributed by atoms with Gasteiger partial charge < -0.3 is 10.1 Å². The van der Waals surface area contributed by atoms with Crippen LogP contribution in [0.15, 0.2) is 47.6 Å². The van der Waals surface area contributed by atoms with Crippen molar-refractivity contribution in [1.82, 2.24) is 10.3 Å². The van der Waals surface area contributed by atoms with E-state index >= 15 is 0 Å². The van der Waals surface area contributed by atoms with Gasteiger partial charge in [-0.1, -0.05) is 30.0 Å². The number of amides is 1. The number of thioether (sulfide) groups is 1. The van der Waals surface area contributed by atoms with E-state index in [0.717, 1.165) is 11.8 Å². The SMILES string of the molecule is CCOC(=O)c1cccnc1SCC(=O)N[C@@H](C)c1ccccc1F. The Morgan fingerprint density at radius 2 is 2.04 bits per heavy atom. The predicted molar refractivity (Wildman–Crippen MR) is 93.9 cm³/mol. The zero-order valence-electron chi connectivity index (χ0n) is 14.0. The molecule has 7 heteroatoms. The molecular formula is C18H19FN2O3S. The molecule has 5 nitrogen and oxygen atoms in total. The van der Waals surface area contributed by atoms with Crippen molar-refractivity contribution in [2.24, 2.45) is 0 Å². The van der Waals surface area contributed by atoms with Crippen LogP contribution in [-0.2, 0) is 9.53 Å². The second kappa shape index (κ2) is 9.17. The van der Waals surface area contributed by atoms with Gasteiger partial charge in [0.15, 0.2) is 0 Å². The predicted octanol–water partition coefficient (Wildman–Crippen LogP) is 3.37. The molecule has 0 saturated heterocycles. The summed E-state index contributed by atoms with van der Waals surface area (Å²) in [6.07, 6.45) is 1.55. The van der Waals surface area contributed by atoms with E-state index in [0.29, 0.717) is 16.2 Å². The van der Waals surface area contributed by atoms with Crippen molar-refractivity contribution in [2.75, 3.05) is 12.4 Å². The first-order chi connectivity index (χ1) is 12.0. The van der Waals surface area contributed by atoms with Crippen LogP contribution in [0.5, 0.6) is 0 Å². The molecule has 0 spiro atoms. The fourth-order valence-electron chi connectivity index (χ4n) is 2.19. The largest absolute Gasteiger partial charge is 0.462 e. The molecule has 1 heterocycles. The molecule has 1 aromatic heterocycles. The van der Waals surface area contributed by atoms with Crippen molar-refractivity contribution < 1.29 is 18.7 Å². The average molecular weight is 362 g/mol. The lowest BCUT2D eigenvalue weighted by Gasteiger charge is -2.15. The van der Waals surface area contributed by atoms with Crippen LogP contribution in [-0.4, -0.2) is 29.2 Å². The van der Waals surface area contributed by atoms with Crippen molar-refractivity contribution in [3.8, 4) is 0 Å². The lowest BCUT2D eigenvalue weighted by molar-refractivity contribution is -0.119. The van der Waals surface area contributed by atoms with Crippen LogP contribution >= 0.6 is 11.8 Å². The third-order valence-electron chi connectivity index (χ3n) is 3.36. The topological polar surface area (TPSA) is 68.3 Å². The number of carbonyl (C=O) groups is 2. The van der Waals surface area contributed by atoms with Gasteiger partial charge in [-0.2, -0.15) is 0 Å². The molecule has 0 aliphatic heterocycles. The third kappa shape index (κ3) is 5.29. The van der Waals surface area contributed by atoms with E-state index in [1.165, 1.54) is 6.07 Å². The van der Waals surface area contributed by atoms with Gasteiger partial charge in [-0.05, 0) is 32.0 Å². The number of pyridine rings is 1. The molecule has 0 radical (unpaired) electrons. The zero-order valence-corrected chi connectivity index (χ0v) is 14.8. The lowest BCUT2D eigenvalue weighted by Crippen LogP contribution is -2.28. The molecule has 0 fully saturated rings. The molecule has 2 aromatic rings. The Morgan fingerprint density at radius 3 is 2.76 bits per heavy atom. The van der Waals surface area contributed by atoms with E-state index in [-0.39, 0.29) is 24.1 Å². The number of nitrogens with one attached hydrogen (secondary N) is 1. The summed E-state index contributed by atoms with van der Waals surface area (Å²) in [7, 11) is 0.